The summed E-state index contributed by atoms with van der Waals surface area (Å²) in [7, 11) is 1.50. The number of para-hydroxylation sites is 2. The first-order valence-electron chi connectivity index (χ1n) is 7.09. The molecule has 22 heavy (non-hydrogen) atoms. The first kappa shape index (κ1) is 15.8. The van der Waals surface area contributed by atoms with Crippen LogP contribution in [0.5, 0.6) is 11.5 Å². The van der Waals surface area contributed by atoms with Crippen LogP contribution in [0.1, 0.15) is 30.3 Å². The molecule has 0 saturated heterocycles. The Hall–Kier alpha value is -2.63. The van der Waals surface area contributed by atoms with Gasteiger partial charge in [0, 0.05) is 12.6 Å². The maximum Gasteiger partial charge on any atom is 0.364 e. The van der Waals surface area contributed by atoms with Gasteiger partial charge in [-0.1, -0.05) is 25.5 Å². The molecular formula is C16H18N2O4. The second-order valence-electron chi connectivity index (χ2n) is 4.67. The van der Waals surface area contributed by atoms with Gasteiger partial charge in [-0.25, -0.2) is 9.48 Å². The number of hydrogen-bond donors (Lipinski definition) is 0. The number of aryl methyl sites for hydroxylation is 1. The predicted octanol–water partition coefficient (Wildman–Crippen LogP) is 2.27. The number of hydrogen-bond acceptors (Lipinski definition) is 5. The highest BCUT2D eigenvalue weighted by molar-refractivity contribution is 5.89. The number of ether oxygens (including phenoxy) is 2. The van der Waals surface area contributed by atoms with E-state index in [4.69, 9.17) is 9.47 Å². The number of unbranched alkanes of at least 4 members (excludes halogenated alkanes) is 1. The topological polar surface area (TPSA) is 70.4 Å². The monoisotopic (exact) mass is 302 g/mol. The van der Waals surface area contributed by atoms with Gasteiger partial charge < -0.3 is 9.47 Å². The van der Waals surface area contributed by atoms with Crippen molar-refractivity contribution in [1.82, 2.24) is 9.78 Å². The van der Waals surface area contributed by atoms with Crippen molar-refractivity contribution in [3.63, 3.8) is 0 Å². The van der Waals surface area contributed by atoms with Gasteiger partial charge in [-0.15, -0.1) is 0 Å². The quantitative estimate of drug-likeness (QED) is 0.604. The molecule has 0 fully saturated rings. The highest BCUT2D eigenvalue weighted by atomic mass is 16.6. The van der Waals surface area contributed by atoms with Crippen LogP contribution in [-0.4, -0.2) is 22.9 Å². The third kappa shape index (κ3) is 3.72. The fraction of sp³-hybridized carbons (Fsp3) is 0.312. The molecule has 2 aromatic rings. The van der Waals surface area contributed by atoms with Gasteiger partial charge in [-0.3, -0.25) is 4.79 Å². The standard InChI is InChI=1S/C16H18N2O4/c1-3-4-11-18-15(19)10-9-12(17-18)16(20)22-14-8-6-5-7-13(14)21-2/h5-10H,3-4,11H2,1-2H3. The molecule has 6 heteroatoms. The molecule has 0 aliphatic carbocycles. The average molecular weight is 302 g/mol. The van der Waals surface area contributed by atoms with E-state index in [1.807, 2.05) is 6.92 Å². The van der Waals surface area contributed by atoms with Crippen LogP contribution in [0.3, 0.4) is 0 Å². The first-order valence-corrected chi connectivity index (χ1v) is 7.09. The molecule has 0 unspecified atom stereocenters. The fourth-order valence-electron chi connectivity index (χ4n) is 1.88. The van der Waals surface area contributed by atoms with E-state index < -0.39 is 5.97 Å². The van der Waals surface area contributed by atoms with Gasteiger partial charge in [-0.2, -0.15) is 5.10 Å². The van der Waals surface area contributed by atoms with Crippen molar-refractivity contribution in [3.05, 3.63) is 52.4 Å². The summed E-state index contributed by atoms with van der Waals surface area (Å²) >= 11 is 0. The van der Waals surface area contributed by atoms with Gasteiger partial charge in [0.2, 0.25) is 0 Å². The van der Waals surface area contributed by atoms with Gasteiger partial charge in [0.25, 0.3) is 5.56 Å². The van der Waals surface area contributed by atoms with Crippen molar-refractivity contribution >= 4 is 5.97 Å². The van der Waals surface area contributed by atoms with Gasteiger partial charge in [0.1, 0.15) is 0 Å². The van der Waals surface area contributed by atoms with E-state index in [2.05, 4.69) is 5.10 Å². The van der Waals surface area contributed by atoms with E-state index in [-0.39, 0.29) is 11.3 Å². The number of methoxy groups -OCH3 is 1. The van der Waals surface area contributed by atoms with Gasteiger partial charge in [0.05, 0.1) is 7.11 Å². The van der Waals surface area contributed by atoms with E-state index >= 15 is 0 Å². The van der Waals surface area contributed by atoms with Crippen molar-refractivity contribution in [2.75, 3.05) is 7.11 Å². The molecule has 1 aromatic heterocycles. The van der Waals surface area contributed by atoms with E-state index in [1.54, 1.807) is 24.3 Å². The Labute approximate surface area is 128 Å². The highest BCUT2D eigenvalue weighted by Gasteiger charge is 2.14. The normalized spacial score (nSPS) is 10.3. The van der Waals surface area contributed by atoms with Crippen molar-refractivity contribution in [2.45, 2.75) is 26.3 Å². The number of carbonyl (C=O) groups excluding carboxylic acids is 1. The Balaban J connectivity index is 2.20. The van der Waals surface area contributed by atoms with E-state index in [1.165, 1.54) is 23.9 Å². The predicted molar refractivity (Wildman–Crippen MR) is 81.4 cm³/mol. The average Bonchev–Trinajstić information content (AvgIpc) is 2.54. The zero-order valence-electron chi connectivity index (χ0n) is 12.6. The number of esters is 1. The Morgan fingerprint density at radius 1 is 1.18 bits per heavy atom. The van der Waals surface area contributed by atoms with E-state index in [0.29, 0.717) is 18.0 Å². The summed E-state index contributed by atoms with van der Waals surface area (Å²) in [6.07, 6.45) is 1.75. The molecule has 0 amide bonds. The summed E-state index contributed by atoms with van der Waals surface area (Å²) < 4.78 is 11.7. The van der Waals surface area contributed by atoms with E-state index in [0.717, 1.165) is 12.8 Å². The molecule has 1 heterocycles. The summed E-state index contributed by atoms with van der Waals surface area (Å²) in [5.74, 6) is 0.132. The van der Waals surface area contributed by atoms with Crippen LogP contribution in [0.15, 0.2) is 41.2 Å². The fourth-order valence-corrected chi connectivity index (χ4v) is 1.88. The van der Waals surface area contributed by atoms with Gasteiger partial charge in [-0.05, 0) is 24.6 Å². The number of carbonyl (C=O) groups is 1. The summed E-state index contributed by atoms with van der Waals surface area (Å²) in [5.41, 5.74) is -0.149. The molecule has 0 N–H and O–H groups in total. The third-order valence-corrected chi connectivity index (χ3v) is 3.07. The van der Waals surface area contributed by atoms with Crippen LogP contribution in [0.25, 0.3) is 0 Å². The zero-order chi connectivity index (χ0) is 15.9. The number of nitrogens with zero attached hydrogens (tertiary/aromatic N) is 2. The molecule has 2 rings (SSSR count). The lowest BCUT2D eigenvalue weighted by molar-refractivity contribution is 0.0720. The summed E-state index contributed by atoms with van der Waals surface area (Å²) in [4.78, 5) is 23.9. The molecule has 0 atom stereocenters. The summed E-state index contributed by atoms with van der Waals surface area (Å²) in [5, 5.41) is 4.05. The third-order valence-electron chi connectivity index (χ3n) is 3.07. The number of benzene rings is 1. The van der Waals surface area contributed by atoms with Crippen LogP contribution < -0.4 is 15.0 Å². The van der Waals surface area contributed by atoms with Crippen LogP contribution in [0.4, 0.5) is 0 Å². The van der Waals surface area contributed by atoms with E-state index in [9.17, 15) is 9.59 Å². The zero-order valence-corrected chi connectivity index (χ0v) is 12.6. The molecule has 0 aliphatic rings. The molecule has 0 radical (unpaired) electrons. The van der Waals surface area contributed by atoms with Crippen LogP contribution in [-0.2, 0) is 6.54 Å². The minimum Gasteiger partial charge on any atom is -0.493 e. The molecule has 0 aliphatic heterocycles. The number of rotatable bonds is 6. The number of aromatic nitrogens is 2. The first-order chi connectivity index (χ1) is 10.7. The highest BCUT2D eigenvalue weighted by Crippen LogP contribution is 2.26. The lowest BCUT2D eigenvalue weighted by atomic mass is 10.3. The Bertz CT molecular complexity index is 709. The SMILES string of the molecule is CCCCn1nc(C(=O)Oc2ccccc2OC)ccc1=O. The lowest BCUT2D eigenvalue weighted by Crippen LogP contribution is -2.25. The lowest BCUT2D eigenvalue weighted by Gasteiger charge is -2.09. The maximum absolute atomic E-state index is 12.2. The van der Waals surface area contributed by atoms with Crippen molar-refractivity contribution in [3.8, 4) is 11.5 Å². The minimum absolute atomic E-state index is 0.0848. The largest absolute Gasteiger partial charge is 0.493 e. The van der Waals surface area contributed by atoms with Gasteiger partial charge >= 0.3 is 5.97 Å². The Morgan fingerprint density at radius 2 is 1.91 bits per heavy atom. The molecule has 0 saturated carbocycles. The van der Waals surface area contributed by atoms with Crippen molar-refractivity contribution in [1.29, 1.82) is 0 Å². The van der Waals surface area contributed by atoms with Gasteiger partial charge in [0.15, 0.2) is 17.2 Å². The minimum atomic E-state index is -0.630. The Morgan fingerprint density at radius 3 is 2.59 bits per heavy atom. The molecule has 0 spiro atoms. The Kier molecular flexibility index (Phi) is 5.30. The van der Waals surface area contributed by atoms with Crippen LogP contribution >= 0.6 is 0 Å². The second-order valence-corrected chi connectivity index (χ2v) is 4.67. The molecule has 0 bridgehead atoms. The maximum atomic E-state index is 12.2. The summed E-state index contributed by atoms with van der Waals surface area (Å²) in [6, 6.07) is 9.52. The van der Waals surface area contributed by atoms with Crippen molar-refractivity contribution < 1.29 is 14.3 Å². The van der Waals surface area contributed by atoms with Crippen LogP contribution in [0.2, 0.25) is 0 Å². The summed E-state index contributed by atoms with van der Waals surface area (Å²) in [6.45, 7) is 2.50. The molecule has 1 aromatic carbocycles. The van der Waals surface area contributed by atoms with Crippen molar-refractivity contribution in [2.24, 2.45) is 0 Å². The molecule has 6 nitrogen and oxygen atoms in total. The second kappa shape index (κ2) is 7.40. The molecular weight excluding hydrogens is 284 g/mol. The molecule has 116 valence electrons. The smallest absolute Gasteiger partial charge is 0.364 e. The van der Waals surface area contributed by atoms with Crippen LogP contribution in [0, 0.1) is 0 Å².